The van der Waals surface area contributed by atoms with Crippen LogP contribution in [0.5, 0.6) is 0 Å². The molecule has 1 aromatic heterocycles. The van der Waals surface area contributed by atoms with Gasteiger partial charge in [0.2, 0.25) is 0 Å². The molecule has 1 amide bonds. The maximum atomic E-state index is 12.4. The number of aromatic amines is 1. The minimum atomic E-state index is 0.0474. The third kappa shape index (κ3) is 2.97. The van der Waals surface area contributed by atoms with E-state index in [4.69, 9.17) is 0 Å². The van der Waals surface area contributed by atoms with E-state index in [0.717, 1.165) is 31.7 Å². The molecule has 106 valence electrons. The van der Waals surface area contributed by atoms with Gasteiger partial charge in [-0.1, -0.05) is 6.92 Å². The quantitative estimate of drug-likeness (QED) is 0.903. The van der Waals surface area contributed by atoms with E-state index in [2.05, 4.69) is 35.9 Å². The van der Waals surface area contributed by atoms with Gasteiger partial charge in [0.1, 0.15) is 5.69 Å². The molecule has 0 saturated carbocycles. The number of carbonyl (C=O) groups excluding carboxylic acids is 1. The molecule has 5 heteroatoms. The molecule has 2 heterocycles. The molecule has 1 atom stereocenters. The van der Waals surface area contributed by atoms with Crippen LogP contribution in [0.25, 0.3) is 0 Å². The molecule has 1 fully saturated rings. The second-order valence-electron chi connectivity index (χ2n) is 5.58. The fourth-order valence-corrected chi connectivity index (χ4v) is 2.79. The van der Waals surface area contributed by atoms with Crippen LogP contribution in [0, 0.1) is 6.92 Å². The van der Waals surface area contributed by atoms with E-state index < -0.39 is 0 Å². The monoisotopic (exact) mass is 264 g/mol. The van der Waals surface area contributed by atoms with Gasteiger partial charge in [-0.25, -0.2) is 0 Å². The molecule has 0 radical (unpaired) electrons. The van der Waals surface area contributed by atoms with Crippen molar-refractivity contribution in [3.05, 3.63) is 17.5 Å². The largest absolute Gasteiger partial charge is 0.334 e. The van der Waals surface area contributed by atoms with Crippen molar-refractivity contribution in [2.45, 2.75) is 46.2 Å². The van der Waals surface area contributed by atoms with Crippen LogP contribution < -0.4 is 0 Å². The molecular formula is C14H24N4O. The van der Waals surface area contributed by atoms with Crippen molar-refractivity contribution < 1.29 is 4.79 Å². The van der Waals surface area contributed by atoms with Crippen molar-refractivity contribution >= 4 is 5.91 Å². The van der Waals surface area contributed by atoms with E-state index in [9.17, 15) is 4.79 Å². The number of H-pyrrole nitrogens is 1. The molecule has 19 heavy (non-hydrogen) atoms. The summed E-state index contributed by atoms with van der Waals surface area (Å²) >= 11 is 0. The van der Waals surface area contributed by atoms with Crippen LogP contribution in [0.4, 0.5) is 0 Å². The lowest BCUT2D eigenvalue weighted by Crippen LogP contribution is -2.56. The summed E-state index contributed by atoms with van der Waals surface area (Å²) in [6.07, 6.45) is 1.07. The second kappa shape index (κ2) is 5.74. The summed E-state index contributed by atoms with van der Waals surface area (Å²) in [4.78, 5) is 16.8. The van der Waals surface area contributed by atoms with Crippen LogP contribution in [0.15, 0.2) is 6.07 Å². The Morgan fingerprint density at radius 2 is 2.26 bits per heavy atom. The first-order valence-corrected chi connectivity index (χ1v) is 7.10. The maximum absolute atomic E-state index is 12.4. The van der Waals surface area contributed by atoms with Crippen molar-refractivity contribution in [3.8, 4) is 0 Å². The van der Waals surface area contributed by atoms with E-state index in [1.54, 1.807) is 0 Å². The molecule has 0 aliphatic carbocycles. The van der Waals surface area contributed by atoms with Gasteiger partial charge in [-0.15, -0.1) is 0 Å². The summed E-state index contributed by atoms with van der Waals surface area (Å²) in [6.45, 7) is 11.1. The minimum Gasteiger partial charge on any atom is -0.334 e. The van der Waals surface area contributed by atoms with Crippen molar-refractivity contribution in [1.29, 1.82) is 0 Å². The predicted molar refractivity (Wildman–Crippen MR) is 75.1 cm³/mol. The summed E-state index contributed by atoms with van der Waals surface area (Å²) in [5.41, 5.74) is 1.46. The number of carbonyl (C=O) groups is 1. The maximum Gasteiger partial charge on any atom is 0.274 e. The van der Waals surface area contributed by atoms with Gasteiger partial charge < -0.3 is 4.90 Å². The molecule has 1 aromatic rings. The summed E-state index contributed by atoms with van der Waals surface area (Å²) in [6, 6.07) is 2.81. The lowest BCUT2D eigenvalue weighted by Gasteiger charge is -2.43. The Morgan fingerprint density at radius 1 is 1.53 bits per heavy atom. The average Bonchev–Trinajstić information content (AvgIpc) is 2.83. The SMILES string of the molecule is CC[C@@H]1CN(C(=O)c2cc(C)[nH]n2)CCN1C(C)C. The van der Waals surface area contributed by atoms with Gasteiger partial charge in [0, 0.05) is 37.4 Å². The average molecular weight is 264 g/mol. The van der Waals surface area contributed by atoms with Gasteiger partial charge >= 0.3 is 0 Å². The van der Waals surface area contributed by atoms with Gasteiger partial charge in [0.15, 0.2) is 0 Å². The Balaban J connectivity index is 2.05. The minimum absolute atomic E-state index is 0.0474. The fraction of sp³-hybridized carbons (Fsp3) is 0.714. The van der Waals surface area contributed by atoms with Gasteiger partial charge in [0.05, 0.1) is 0 Å². The highest BCUT2D eigenvalue weighted by atomic mass is 16.2. The molecule has 0 spiro atoms. The zero-order valence-electron chi connectivity index (χ0n) is 12.3. The number of hydrogen-bond donors (Lipinski definition) is 1. The molecule has 1 aliphatic heterocycles. The fourth-order valence-electron chi connectivity index (χ4n) is 2.79. The highest BCUT2D eigenvalue weighted by Gasteiger charge is 2.30. The first-order chi connectivity index (χ1) is 9.02. The van der Waals surface area contributed by atoms with Crippen LogP contribution in [-0.2, 0) is 0 Å². The molecule has 1 saturated heterocycles. The molecule has 2 rings (SSSR count). The van der Waals surface area contributed by atoms with Crippen LogP contribution in [0.3, 0.4) is 0 Å². The molecule has 1 aliphatic rings. The Hall–Kier alpha value is -1.36. The van der Waals surface area contributed by atoms with Gasteiger partial charge in [-0.05, 0) is 33.3 Å². The van der Waals surface area contributed by atoms with Crippen molar-refractivity contribution in [3.63, 3.8) is 0 Å². The van der Waals surface area contributed by atoms with Crippen molar-refractivity contribution in [2.24, 2.45) is 0 Å². The van der Waals surface area contributed by atoms with Crippen LogP contribution in [-0.4, -0.2) is 57.6 Å². The Morgan fingerprint density at radius 3 is 2.79 bits per heavy atom. The number of amides is 1. The summed E-state index contributed by atoms with van der Waals surface area (Å²) in [5, 5.41) is 6.90. The van der Waals surface area contributed by atoms with Crippen LogP contribution in [0.1, 0.15) is 43.4 Å². The van der Waals surface area contributed by atoms with E-state index in [-0.39, 0.29) is 5.91 Å². The molecular weight excluding hydrogens is 240 g/mol. The number of nitrogens with zero attached hydrogens (tertiary/aromatic N) is 3. The van der Waals surface area contributed by atoms with Gasteiger partial charge in [0.25, 0.3) is 5.91 Å². The van der Waals surface area contributed by atoms with E-state index in [1.807, 2.05) is 17.9 Å². The molecule has 0 aromatic carbocycles. The van der Waals surface area contributed by atoms with Crippen LogP contribution in [0.2, 0.25) is 0 Å². The van der Waals surface area contributed by atoms with Crippen LogP contribution >= 0.6 is 0 Å². The van der Waals surface area contributed by atoms with E-state index >= 15 is 0 Å². The number of nitrogens with one attached hydrogen (secondary N) is 1. The zero-order valence-corrected chi connectivity index (χ0v) is 12.3. The summed E-state index contributed by atoms with van der Waals surface area (Å²) in [5.74, 6) is 0.0474. The third-order valence-corrected chi connectivity index (χ3v) is 3.88. The first kappa shape index (κ1) is 14.1. The molecule has 1 N–H and O–H groups in total. The molecule has 5 nitrogen and oxygen atoms in total. The zero-order chi connectivity index (χ0) is 14.0. The lowest BCUT2D eigenvalue weighted by molar-refractivity contribution is 0.0367. The lowest BCUT2D eigenvalue weighted by atomic mass is 10.1. The predicted octanol–water partition coefficient (Wildman–Crippen LogP) is 1.66. The highest BCUT2D eigenvalue weighted by molar-refractivity contribution is 5.92. The number of aryl methyl sites for hydroxylation is 1. The summed E-state index contributed by atoms with van der Waals surface area (Å²) in [7, 11) is 0. The summed E-state index contributed by atoms with van der Waals surface area (Å²) < 4.78 is 0. The third-order valence-electron chi connectivity index (χ3n) is 3.88. The smallest absolute Gasteiger partial charge is 0.274 e. The second-order valence-corrected chi connectivity index (χ2v) is 5.58. The first-order valence-electron chi connectivity index (χ1n) is 7.10. The molecule has 0 bridgehead atoms. The van der Waals surface area contributed by atoms with E-state index in [0.29, 0.717) is 17.8 Å². The van der Waals surface area contributed by atoms with Gasteiger partial charge in [-0.3, -0.25) is 14.8 Å². The Kier molecular flexibility index (Phi) is 4.24. The van der Waals surface area contributed by atoms with E-state index in [1.165, 1.54) is 0 Å². The topological polar surface area (TPSA) is 52.2 Å². The number of piperazine rings is 1. The Bertz CT molecular complexity index is 440. The standard InChI is InChI=1S/C14H24N4O/c1-5-12-9-17(6-7-18(12)10(2)3)14(19)13-8-11(4)15-16-13/h8,10,12H,5-7,9H2,1-4H3,(H,15,16)/t12-/m1/s1. The van der Waals surface area contributed by atoms with Crippen molar-refractivity contribution in [2.75, 3.05) is 19.6 Å². The number of hydrogen-bond acceptors (Lipinski definition) is 3. The normalized spacial score (nSPS) is 21.1. The van der Waals surface area contributed by atoms with Gasteiger partial charge in [-0.2, -0.15) is 5.10 Å². The highest BCUT2D eigenvalue weighted by Crippen LogP contribution is 2.17. The van der Waals surface area contributed by atoms with Crippen molar-refractivity contribution in [1.82, 2.24) is 20.0 Å². The molecule has 0 unspecified atom stereocenters. The number of rotatable bonds is 3. The Labute approximate surface area is 115 Å². The number of aromatic nitrogens is 2.